The van der Waals surface area contributed by atoms with Crippen molar-refractivity contribution in [3.63, 3.8) is 0 Å². The third-order valence-electron chi connectivity index (χ3n) is 7.90. The fourth-order valence-corrected chi connectivity index (χ4v) is 6.19. The first-order valence-electron chi connectivity index (χ1n) is 12.3. The van der Waals surface area contributed by atoms with Gasteiger partial charge in [0.1, 0.15) is 5.75 Å². The minimum absolute atomic E-state index is 0.0752. The molecule has 4 heterocycles. The smallest absolute Gasteiger partial charge is 0.320 e. The lowest BCUT2D eigenvalue weighted by atomic mass is 9.76. The van der Waals surface area contributed by atoms with Crippen molar-refractivity contribution in [1.29, 1.82) is 0 Å². The molecule has 0 spiro atoms. The summed E-state index contributed by atoms with van der Waals surface area (Å²) >= 11 is 0. The average Bonchev–Trinajstić information content (AvgIpc) is 2.84. The Morgan fingerprint density at radius 2 is 1.76 bits per heavy atom. The Labute approximate surface area is 195 Å². The first-order valence-corrected chi connectivity index (χ1v) is 12.3. The number of carbonyl (C=O) groups is 3. The molecule has 33 heavy (non-hydrogen) atoms. The summed E-state index contributed by atoms with van der Waals surface area (Å²) in [6, 6.07) is 7.62. The molecule has 178 valence electrons. The maximum absolute atomic E-state index is 13.3. The van der Waals surface area contributed by atoms with Crippen LogP contribution in [-0.4, -0.2) is 84.5 Å². The lowest BCUT2D eigenvalue weighted by molar-refractivity contribution is -0.144. The SMILES string of the molecule is COc1ccc(C(=O)NC2CCN(C(=O)N3C[C@H]4C[C@H](C3)[C@H]3CCCC(=O)N3C4)CC2)cc1. The van der Waals surface area contributed by atoms with Gasteiger partial charge in [0.2, 0.25) is 5.91 Å². The van der Waals surface area contributed by atoms with Crippen LogP contribution in [0.1, 0.15) is 48.9 Å². The lowest BCUT2D eigenvalue weighted by Crippen LogP contribution is -2.62. The van der Waals surface area contributed by atoms with Crippen molar-refractivity contribution >= 4 is 17.8 Å². The van der Waals surface area contributed by atoms with E-state index in [0.717, 1.165) is 57.5 Å². The number of piperidine rings is 4. The molecule has 4 fully saturated rings. The summed E-state index contributed by atoms with van der Waals surface area (Å²) in [5.41, 5.74) is 0.615. The van der Waals surface area contributed by atoms with Crippen LogP contribution in [-0.2, 0) is 4.79 Å². The third-order valence-corrected chi connectivity index (χ3v) is 7.90. The topological polar surface area (TPSA) is 82.2 Å². The van der Waals surface area contributed by atoms with E-state index in [4.69, 9.17) is 4.74 Å². The molecule has 0 aromatic heterocycles. The number of hydrogen-bond acceptors (Lipinski definition) is 4. The van der Waals surface area contributed by atoms with E-state index in [0.29, 0.717) is 48.9 Å². The lowest BCUT2D eigenvalue weighted by Gasteiger charge is -2.53. The molecule has 0 saturated carbocycles. The number of nitrogens with one attached hydrogen (secondary N) is 1. The third kappa shape index (κ3) is 4.52. The van der Waals surface area contributed by atoms with Gasteiger partial charge < -0.3 is 24.8 Å². The van der Waals surface area contributed by atoms with Crippen LogP contribution in [0.5, 0.6) is 5.75 Å². The van der Waals surface area contributed by atoms with Gasteiger partial charge in [-0.1, -0.05) is 0 Å². The number of fused-ring (bicyclic) bond motifs is 4. The van der Waals surface area contributed by atoms with E-state index in [1.807, 2.05) is 9.80 Å². The standard InChI is InChI=1S/C25H34N4O4/c1-33-21-7-5-18(6-8-21)24(31)26-20-9-11-27(12-10-20)25(32)28-14-17-13-19(16-28)22-3-2-4-23(30)29(22)15-17/h5-8,17,19-20,22H,2-4,9-16H2,1H3,(H,26,31)/t17-,19-,22-/m1/s1. The molecule has 4 saturated heterocycles. The molecule has 5 rings (SSSR count). The molecule has 0 unspecified atom stereocenters. The number of amides is 4. The van der Waals surface area contributed by atoms with E-state index < -0.39 is 0 Å². The Morgan fingerprint density at radius 3 is 2.48 bits per heavy atom. The molecule has 4 amide bonds. The van der Waals surface area contributed by atoms with Crippen molar-refractivity contribution in [1.82, 2.24) is 20.0 Å². The number of ether oxygens (including phenoxy) is 1. The van der Waals surface area contributed by atoms with Gasteiger partial charge in [-0.2, -0.15) is 0 Å². The summed E-state index contributed by atoms with van der Waals surface area (Å²) in [6.45, 7) is 3.64. The quantitative estimate of drug-likeness (QED) is 0.760. The molecule has 8 heteroatoms. The van der Waals surface area contributed by atoms with Crippen molar-refractivity contribution in [2.75, 3.05) is 39.8 Å². The van der Waals surface area contributed by atoms with Crippen LogP contribution in [0.2, 0.25) is 0 Å². The van der Waals surface area contributed by atoms with Gasteiger partial charge in [0.15, 0.2) is 0 Å². The van der Waals surface area contributed by atoms with E-state index in [1.165, 1.54) is 0 Å². The highest BCUT2D eigenvalue weighted by Gasteiger charge is 2.45. The van der Waals surface area contributed by atoms with Gasteiger partial charge in [-0.25, -0.2) is 4.79 Å². The van der Waals surface area contributed by atoms with E-state index in [2.05, 4.69) is 10.2 Å². The molecule has 1 N–H and O–H groups in total. The molecular weight excluding hydrogens is 420 g/mol. The molecule has 4 aliphatic heterocycles. The first kappa shape index (κ1) is 22.0. The van der Waals surface area contributed by atoms with E-state index in [1.54, 1.807) is 31.4 Å². The average molecular weight is 455 g/mol. The van der Waals surface area contributed by atoms with Crippen LogP contribution in [0.25, 0.3) is 0 Å². The normalized spacial score (nSPS) is 27.7. The zero-order chi connectivity index (χ0) is 22.9. The number of nitrogens with zero attached hydrogens (tertiary/aromatic N) is 3. The molecule has 1 aromatic rings. The Balaban J connectivity index is 1.13. The fourth-order valence-electron chi connectivity index (χ4n) is 6.19. The van der Waals surface area contributed by atoms with Crippen LogP contribution in [0.15, 0.2) is 24.3 Å². The Bertz CT molecular complexity index is 896. The largest absolute Gasteiger partial charge is 0.497 e. The maximum Gasteiger partial charge on any atom is 0.320 e. The summed E-state index contributed by atoms with van der Waals surface area (Å²) in [5, 5.41) is 3.11. The van der Waals surface area contributed by atoms with Crippen LogP contribution in [0.3, 0.4) is 0 Å². The highest BCUT2D eigenvalue weighted by atomic mass is 16.5. The first-order chi connectivity index (χ1) is 16.0. The highest BCUT2D eigenvalue weighted by molar-refractivity contribution is 5.94. The number of hydrogen-bond donors (Lipinski definition) is 1. The number of likely N-dealkylation sites (tertiary alicyclic amines) is 2. The van der Waals surface area contributed by atoms with Gasteiger partial charge in [-0.15, -0.1) is 0 Å². The number of methoxy groups -OCH3 is 1. The fraction of sp³-hybridized carbons (Fsp3) is 0.640. The Kier molecular flexibility index (Phi) is 6.17. The molecular formula is C25H34N4O4. The van der Waals surface area contributed by atoms with E-state index in [9.17, 15) is 14.4 Å². The molecule has 0 radical (unpaired) electrons. The van der Waals surface area contributed by atoms with Crippen molar-refractivity contribution in [3.05, 3.63) is 29.8 Å². The number of benzene rings is 1. The van der Waals surface area contributed by atoms with E-state index >= 15 is 0 Å². The number of rotatable bonds is 3. The molecule has 4 aliphatic rings. The summed E-state index contributed by atoms with van der Waals surface area (Å²) in [6.07, 6.45) is 5.40. The highest BCUT2D eigenvalue weighted by Crippen LogP contribution is 2.38. The van der Waals surface area contributed by atoms with Crippen LogP contribution < -0.4 is 10.1 Å². The summed E-state index contributed by atoms with van der Waals surface area (Å²) in [4.78, 5) is 44.3. The Hall–Kier alpha value is -2.77. The van der Waals surface area contributed by atoms with Crippen LogP contribution in [0.4, 0.5) is 4.79 Å². The number of carbonyl (C=O) groups excluding carboxylic acids is 3. The maximum atomic E-state index is 13.3. The number of urea groups is 1. The molecule has 0 aliphatic carbocycles. The molecule has 2 bridgehead atoms. The van der Waals surface area contributed by atoms with Crippen LogP contribution in [0, 0.1) is 11.8 Å². The summed E-state index contributed by atoms with van der Waals surface area (Å²) in [5.74, 6) is 1.75. The zero-order valence-electron chi connectivity index (χ0n) is 19.4. The van der Waals surface area contributed by atoms with Gasteiger partial charge in [0.25, 0.3) is 5.91 Å². The summed E-state index contributed by atoms with van der Waals surface area (Å²) < 4.78 is 5.15. The minimum atomic E-state index is -0.0853. The van der Waals surface area contributed by atoms with Gasteiger partial charge >= 0.3 is 6.03 Å². The van der Waals surface area contributed by atoms with Crippen molar-refractivity contribution in [2.24, 2.45) is 11.8 Å². The molecule has 3 atom stereocenters. The second-order valence-electron chi connectivity index (χ2n) is 10.0. The second-order valence-corrected chi connectivity index (χ2v) is 10.0. The minimum Gasteiger partial charge on any atom is -0.497 e. The van der Waals surface area contributed by atoms with E-state index in [-0.39, 0.29) is 18.0 Å². The monoisotopic (exact) mass is 454 g/mol. The Morgan fingerprint density at radius 1 is 1.00 bits per heavy atom. The van der Waals surface area contributed by atoms with Crippen molar-refractivity contribution in [3.8, 4) is 5.75 Å². The molecule has 1 aromatic carbocycles. The predicted octanol–water partition coefficient (Wildman–Crippen LogP) is 2.34. The van der Waals surface area contributed by atoms with Crippen molar-refractivity contribution < 1.29 is 19.1 Å². The van der Waals surface area contributed by atoms with Crippen LogP contribution >= 0.6 is 0 Å². The van der Waals surface area contributed by atoms with Gasteiger partial charge in [0.05, 0.1) is 7.11 Å². The predicted molar refractivity (Wildman–Crippen MR) is 123 cm³/mol. The molecule has 8 nitrogen and oxygen atoms in total. The summed E-state index contributed by atoms with van der Waals surface area (Å²) in [7, 11) is 1.60. The second kappa shape index (κ2) is 9.23. The van der Waals surface area contributed by atoms with Gasteiger partial charge in [-0.3, -0.25) is 9.59 Å². The zero-order valence-corrected chi connectivity index (χ0v) is 19.4. The van der Waals surface area contributed by atoms with Crippen molar-refractivity contribution in [2.45, 2.75) is 50.6 Å². The van der Waals surface area contributed by atoms with Gasteiger partial charge in [0, 0.05) is 56.8 Å². The van der Waals surface area contributed by atoms with Gasteiger partial charge in [-0.05, 0) is 68.2 Å².